The van der Waals surface area contributed by atoms with Gasteiger partial charge in [0.2, 0.25) is 10.0 Å². The van der Waals surface area contributed by atoms with Crippen LogP contribution in [0.3, 0.4) is 0 Å². The summed E-state index contributed by atoms with van der Waals surface area (Å²) in [6.45, 7) is 3.51. The number of piperidine rings is 1. The third-order valence-electron chi connectivity index (χ3n) is 2.27. The van der Waals surface area contributed by atoms with Gasteiger partial charge in [-0.05, 0) is 19.3 Å². The Morgan fingerprint density at radius 1 is 1.53 bits per heavy atom. The maximum absolute atomic E-state index is 11.2. The molecule has 1 aliphatic rings. The Bertz CT molecular complexity index is 352. The molecule has 6 nitrogen and oxygen atoms in total. The maximum atomic E-state index is 11.2. The minimum Gasteiger partial charge on any atom is -0.465 e. The number of hydrogen-bond donors (Lipinski definition) is 2. The van der Waals surface area contributed by atoms with Gasteiger partial charge in [0.25, 0.3) is 0 Å². The molecule has 7 heteroatoms. The maximum Gasteiger partial charge on any atom is 0.408 e. The van der Waals surface area contributed by atoms with E-state index >= 15 is 0 Å². The molecule has 1 amide bonds. The summed E-state index contributed by atoms with van der Waals surface area (Å²) >= 11 is 0. The van der Waals surface area contributed by atoms with Gasteiger partial charge < -0.3 is 5.11 Å². The molecule has 1 saturated heterocycles. The van der Waals surface area contributed by atoms with E-state index in [0.29, 0.717) is 13.0 Å². The molecule has 1 atom stereocenters. The summed E-state index contributed by atoms with van der Waals surface area (Å²) < 4.78 is 24.6. The van der Waals surface area contributed by atoms with Crippen molar-refractivity contribution in [2.75, 3.05) is 6.54 Å². The van der Waals surface area contributed by atoms with E-state index in [-0.39, 0.29) is 0 Å². The van der Waals surface area contributed by atoms with Gasteiger partial charge in [-0.1, -0.05) is 6.58 Å². The number of sulfonamides is 1. The molecule has 1 heterocycles. The van der Waals surface area contributed by atoms with Crippen LogP contribution in [-0.2, 0) is 10.0 Å². The molecule has 1 unspecified atom stereocenters. The molecule has 1 rings (SSSR count). The van der Waals surface area contributed by atoms with Gasteiger partial charge in [-0.3, -0.25) is 4.90 Å². The molecule has 0 aliphatic carbocycles. The summed E-state index contributed by atoms with van der Waals surface area (Å²) in [4.78, 5) is 11.9. The van der Waals surface area contributed by atoms with Gasteiger partial charge >= 0.3 is 6.09 Å². The van der Waals surface area contributed by atoms with Crippen LogP contribution in [0.1, 0.15) is 19.3 Å². The van der Waals surface area contributed by atoms with Gasteiger partial charge in [0, 0.05) is 12.0 Å². The zero-order chi connectivity index (χ0) is 11.5. The highest BCUT2D eigenvalue weighted by molar-refractivity contribution is 7.92. The number of rotatable bonds is 3. The van der Waals surface area contributed by atoms with E-state index in [1.807, 2.05) is 0 Å². The van der Waals surface area contributed by atoms with Crippen molar-refractivity contribution in [2.24, 2.45) is 0 Å². The lowest BCUT2D eigenvalue weighted by Crippen LogP contribution is -2.52. The number of carboxylic acid groups (broad SMARTS) is 1. The molecule has 0 aromatic rings. The van der Waals surface area contributed by atoms with Crippen molar-refractivity contribution >= 4 is 16.1 Å². The number of nitrogens with one attached hydrogen (secondary N) is 1. The predicted octanol–water partition coefficient (Wildman–Crippen LogP) is 0.539. The van der Waals surface area contributed by atoms with Crippen LogP contribution in [0.25, 0.3) is 0 Å². The minimum atomic E-state index is -3.58. The van der Waals surface area contributed by atoms with Crippen molar-refractivity contribution in [1.29, 1.82) is 0 Å². The second-order valence-corrected chi connectivity index (χ2v) is 4.98. The number of carbonyl (C=O) groups is 1. The molecular weight excluding hydrogens is 220 g/mol. The van der Waals surface area contributed by atoms with Gasteiger partial charge in [0.05, 0.1) is 6.17 Å². The van der Waals surface area contributed by atoms with Crippen molar-refractivity contribution in [3.63, 3.8) is 0 Å². The highest BCUT2D eigenvalue weighted by Crippen LogP contribution is 2.15. The summed E-state index contributed by atoms with van der Waals surface area (Å²) in [6.07, 6.45) is 0.303. The highest BCUT2D eigenvalue weighted by Gasteiger charge is 2.28. The number of likely N-dealkylation sites (tertiary alicyclic amines) is 1. The van der Waals surface area contributed by atoms with Gasteiger partial charge in [0.1, 0.15) is 0 Å². The monoisotopic (exact) mass is 234 g/mol. The lowest BCUT2D eigenvalue weighted by Gasteiger charge is -2.33. The van der Waals surface area contributed by atoms with Gasteiger partial charge in [-0.25, -0.2) is 13.2 Å². The van der Waals surface area contributed by atoms with Crippen LogP contribution >= 0.6 is 0 Å². The lowest BCUT2D eigenvalue weighted by atomic mass is 10.1. The van der Waals surface area contributed by atoms with Crippen LogP contribution in [0.5, 0.6) is 0 Å². The van der Waals surface area contributed by atoms with Crippen molar-refractivity contribution in [2.45, 2.75) is 25.4 Å². The minimum absolute atomic E-state index is 0.361. The van der Waals surface area contributed by atoms with E-state index in [4.69, 9.17) is 5.11 Å². The molecule has 0 spiro atoms. The van der Waals surface area contributed by atoms with E-state index in [2.05, 4.69) is 11.3 Å². The molecule has 0 aromatic heterocycles. The van der Waals surface area contributed by atoms with E-state index in [1.165, 1.54) is 0 Å². The van der Waals surface area contributed by atoms with Crippen molar-refractivity contribution < 1.29 is 18.3 Å². The Kier molecular flexibility index (Phi) is 3.70. The van der Waals surface area contributed by atoms with Gasteiger partial charge in [-0.2, -0.15) is 4.72 Å². The Morgan fingerprint density at radius 2 is 2.20 bits per heavy atom. The summed E-state index contributed by atoms with van der Waals surface area (Å²) in [5, 5.41) is 9.62. The van der Waals surface area contributed by atoms with Crippen molar-refractivity contribution in [1.82, 2.24) is 9.62 Å². The summed E-state index contributed by atoms with van der Waals surface area (Å²) in [6, 6.07) is 0. The van der Waals surface area contributed by atoms with Crippen LogP contribution in [0, 0.1) is 0 Å². The van der Waals surface area contributed by atoms with Crippen LogP contribution < -0.4 is 4.72 Å². The standard InChI is InChI=1S/C8H14N2O4S/c1-2-15(13,14)9-7-5-3-4-6-10(7)8(11)12/h2,7,9H,1,3-6H2,(H,11,12). The molecule has 86 valence electrons. The second kappa shape index (κ2) is 4.63. The normalized spacial score (nSPS) is 22.4. The van der Waals surface area contributed by atoms with E-state index in [9.17, 15) is 13.2 Å². The third-order valence-corrected chi connectivity index (χ3v) is 3.31. The number of nitrogens with zero attached hydrogens (tertiary/aromatic N) is 1. The zero-order valence-corrected chi connectivity index (χ0v) is 9.03. The first-order chi connectivity index (χ1) is 6.96. The number of hydrogen-bond acceptors (Lipinski definition) is 3. The molecule has 0 saturated carbocycles. The molecule has 1 aliphatic heterocycles. The predicted molar refractivity (Wildman–Crippen MR) is 54.6 cm³/mol. The van der Waals surface area contributed by atoms with Gasteiger partial charge in [0.15, 0.2) is 0 Å². The van der Waals surface area contributed by atoms with Crippen molar-refractivity contribution in [3.8, 4) is 0 Å². The van der Waals surface area contributed by atoms with Crippen LogP contribution in [-0.4, -0.2) is 37.2 Å². The summed E-state index contributed by atoms with van der Waals surface area (Å²) in [5.41, 5.74) is 0. The molecule has 1 fully saturated rings. The fourth-order valence-electron chi connectivity index (χ4n) is 1.52. The SMILES string of the molecule is C=CS(=O)(=O)NC1CCCCN1C(=O)O. The van der Waals surface area contributed by atoms with Gasteiger partial charge in [-0.15, -0.1) is 0 Å². The Balaban J connectivity index is 2.73. The highest BCUT2D eigenvalue weighted by atomic mass is 32.2. The van der Waals surface area contributed by atoms with Crippen LogP contribution in [0.15, 0.2) is 12.0 Å². The van der Waals surface area contributed by atoms with E-state index in [0.717, 1.165) is 23.1 Å². The average molecular weight is 234 g/mol. The van der Waals surface area contributed by atoms with E-state index in [1.54, 1.807) is 0 Å². The smallest absolute Gasteiger partial charge is 0.408 e. The molecule has 0 bridgehead atoms. The molecule has 15 heavy (non-hydrogen) atoms. The molecule has 0 radical (unpaired) electrons. The Labute approximate surface area is 88.6 Å². The molecular formula is C8H14N2O4S. The Morgan fingerprint density at radius 3 is 2.73 bits per heavy atom. The van der Waals surface area contributed by atoms with Crippen LogP contribution in [0.2, 0.25) is 0 Å². The Hall–Kier alpha value is -1.08. The largest absolute Gasteiger partial charge is 0.465 e. The third kappa shape index (κ3) is 3.21. The summed E-state index contributed by atoms with van der Waals surface area (Å²) in [5.74, 6) is 0. The lowest BCUT2D eigenvalue weighted by molar-refractivity contribution is 0.103. The number of amides is 1. The first-order valence-electron chi connectivity index (χ1n) is 4.60. The van der Waals surface area contributed by atoms with E-state index < -0.39 is 22.3 Å². The first-order valence-corrected chi connectivity index (χ1v) is 6.15. The fourth-order valence-corrected chi connectivity index (χ4v) is 2.24. The topological polar surface area (TPSA) is 86.7 Å². The quantitative estimate of drug-likeness (QED) is 0.746. The van der Waals surface area contributed by atoms with Crippen LogP contribution in [0.4, 0.5) is 4.79 Å². The first kappa shape index (κ1) is 12.0. The second-order valence-electron chi connectivity index (χ2n) is 3.32. The average Bonchev–Trinajstić information content (AvgIpc) is 2.18. The summed E-state index contributed by atoms with van der Waals surface area (Å²) in [7, 11) is -3.58. The van der Waals surface area contributed by atoms with Crippen molar-refractivity contribution in [3.05, 3.63) is 12.0 Å². The fraction of sp³-hybridized carbons (Fsp3) is 0.625. The molecule has 0 aromatic carbocycles. The zero-order valence-electron chi connectivity index (χ0n) is 8.22. The molecule has 2 N–H and O–H groups in total.